The molecule has 100 valence electrons. The maximum absolute atomic E-state index is 12.5. The molecular weight excluding hydrogens is 252 g/mol. The highest BCUT2D eigenvalue weighted by Gasteiger charge is 2.31. The number of nitrogens with two attached hydrogens (primary N) is 1. The summed E-state index contributed by atoms with van der Waals surface area (Å²) in [6.07, 6.45) is 0.736. The van der Waals surface area contributed by atoms with Crippen LogP contribution in [-0.4, -0.2) is 37.0 Å². The van der Waals surface area contributed by atoms with Crippen LogP contribution in [-0.2, 0) is 10.0 Å². The molecule has 0 spiro atoms. The van der Waals surface area contributed by atoms with Gasteiger partial charge in [-0.15, -0.1) is 0 Å². The lowest BCUT2D eigenvalue weighted by Crippen LogP contribution is -2.42. The van der Waals surface area contributed by atoms with Crippen LogP contribution in [0.3, 0.4) is 0 Å². The number of anilines is 1. The molecule has 2 rings (SSSR count). The summed E-state index contributed by atoms with van der Waals surface area (Å²) in [4.78, 5) is 0.166. The lowest BCUT2D eigenvalue weighted by molar-refractivity contribution is 0.108. The standard InChI is InChI=1S/C12H18N2O3S/c1-9-4-2-6-11(13)12(9)18(16,17)14-7-3-5-10(15)8-14/h2,4,6,10,15H,3,5,7-8,13H2,1H3. The molecule has 1 unspecified atom stereocenters. The first-order valence-electron chi connectivity index (χ1n) is 5.96. The second-order valence-corrected chi connectivity index (χ2v) is 6.53. The summed E-state index contributed by atoms with van der Waals surface area (Å²) in [5.74, 6) is 0. The van der Waals surface area contributed by atoms with E-state index in [4.69, 9.17) is 5.73 Å². The quantitative estimate of drug-likeness (QED) is 0.776. The van der Waals surface area contributed by atoms with Gasteiger partial charge < -0.3 is 10.8 Å². The van der Waals surface area contributed by atoms with Crippen molar-refractivity contribution in [1.29, 1.82) is 0 Å². The molecular formula is C12H18N2O3S. The van der Waals surface area contributed by atoms with Gasteiger partial charge in [0.2, 0.25) is 10.0 Å². The van der Waals surface area contributed by atoms with Gasteiger partial charge in [0.25, 0.3) is 0 Å². The Morgan fingerprint density at radius 2 is 2.17 bits per heavy atom. The van der Waals surface area contributed by atoms with E-state index in [1.165, 1.54) is 4.31 Å². The smallest absolute Gasteiger partial charge is 0.245 e. The molecule has 0 saturated carbocycles. The summed E-state index contributed by atoms with van der Waals surface area (Å²) in [6, 6.07) is 5.04. The minimum absolute atomic E-state index is 0.149. The van der Waals surface area contributed by atoms with E-state index in [0.29, 0.717) is 24.9 Å². The van der Waals surface area contributed by atoms with E-state index in [-0.39, 0.29) is 17.1 Å². The number of aliphatic hydroxyl groups excluding tert-OH is 1. The van der Waals surface area contributed by atoms with Crippen molar-refractivity contribution >= 4 is 15.7 Å². The number of aliphatic hydroxyl groups is 1. The van der Waals surface area contributed by atoms with Crippen LogP contribution in [0.5, 0.6) is 0 Å². The zero-order valence-electron chi connectivity index (χ0n) is 10.3. The average Bonchev–Trinajstić information content (AvgIpc) is 2.28. The van der Waals surface area contributed by atoms with Crippen molar-refractivity contribution in [3.8, 4) is 0 Å². The van der Waals surface area contributed by atoms with Gasteiger partial charge in [-0.2, -0.15) is 4.31 Å². The van der Waals surface area contributed by atoms with E-state index in [1.807, 2.05) is 0 Å². The number of nitrogen functional groups attached to an aromatic ring is 1. The Morgan fingerprint density at radius 1 is 1.44 bits per heavy atom. The highest BCUT2D eigenvalue weighted by molar-refractivity contribution is 7.89. The summed E-state index contributed by atoms with van der Waals surface area (Å²) in [6.45, 7) is 2.31. The van der Waals surface area contributed by atoms with E-state index in [2.05, 4.69) is 0 Å². The van der Waals surface area contributed by atoms with Crippen LogP contribution in [0.4, 0.5) is 5.69 Å². The molecule has 0 amide bonds. The van der Waals surface area contributed by atoms with Crippen LogP contribution < -0.4 is 5.73 Å². The van der Waals surface area contributed by atoms with Crippen molar-refractivity contribution in [2.45, 2.75) is 30.8 Å². The summed E-state index contributed by atoms with van der Waals surface area (Å²) >= 11 is 0. The monoisotopic (exact) mass is 270 g/mol. The minimum Gasteiger partial charge on any atom is -0.398 e. The molecule has 18 heavy (non-hydrogen) atoms. The van der Waals surface area contributed by atoms with Crippen LogP contribution in [0, 0.1) is 6.92 Å². The van der Waals surface area contributed by atoms with Crippen LogP contribution in [0.1, 0.15) is 18.4 Å². The van der Waals surface area contributed by atoms with Crippen molar-refractivity contribution in [2.24, 2.45) is 0 Å². The van der Waals surface area contributed by atoms with E-state index >= 15 is 0 Å². The van der Waals surface area contributed by atoms with Crippen molar-refractivity contribution < 1.29 is 13.5 Å². The molecule has 1 aliphatic heterocycles. The van der Waals surface area contributed by atoms with Gasteiger partial charge in [0, 0.05) is 13.1 Å². The molecule has 1 aromatic carbocycles. The second kappa shape index (κ2) is 4.87. The molecule has 1 aliphatic rings. The number of hydrogen-bond donors (Lipinski definition) is 2. The van der Waals surface area contributed by atoms with Crippen LogP contribution in [0.2, 0.25) is 0 Å². The first-order chi connectivity index (χ1) is 8.43. The molecule has 0 radical (unpaired) electrons. The molecule has 0 aromatic heterocycles. The van der Waals surface area contributed by atoms with Crippen LogP contribution >= 0.6 is 0 Å². The summed E-state index contributed by atoms with van der Waals surface area (Å²) < 4.78 is 26.3. The van der Waals surface area contributed by atoms with Gasteiger partial charge in [-0.05, 0) is 31.4 Å². The lowest BCUT2D eigenvalue weighted by atomic mass is 10.1. The Bertz CT molecular complexity index is 522. The van der Waals surface area contributed by atoms with E-state index in [9.17, 15) is 13.5 Å². The third kappa shape index (κ3) is 2.36. The zero-order valence-corrected chi connectivity index (χ0v) is 11.2. The van der Waals surface area contributed by atoms with Gasteiger partial charge in [-0.3, -0.25) is 0 Å². The van der Waals surface area contributed by atoms with E-state index in [0.717, 1.165) is 0 Å². The normalized spacial score (nSPS) is 22.0. The predicted molar refractivity (Wildman–Crippen MR) is 69.6 cm³/mol. The number of hydrogen-bond acceptors (Lipinski definition) is 4. The van der Waals surface area contributed by atoms with Gasteiger partial charge in [0.05, 0.1) is 11.8 Å². The van der Waals surface area contributed by atoms with Crippen molar-refractivity contribution in [3.63, 3.8) is 0 Å². The summed E-state index contributed by atoms with van der Waals surface area (Å²) in [5.41, 5.74) is 6.67. The van der Waals surface area contributed by atoms with E-state index < -0.39 is 16.1 Å². The first-order valence-corrected chi connectivity index (χ1v) is 7.40. The number of benzene rings is 1. The Labute approximate surface area is 107 Å². The molecule has 0 bridgehead atoms. The zero-order chi connectivity index (χ0) is 13.3. The SMILES string of the molecule is Cc1cccc(N)c1S(=O)(=O)N1CCCC(O)C1. The number of nitrogens with zero attached hydrogens (tertiary/aromatic N) is 1. The van der Waals surface area contributed by atoms with Crippen molar-refractivity contribution in [1.82, 2.24) is 4.31 Å². The predicted octanol–water partition coefficient (Wildman–Crippen LogP) is 0.723. The summed E-state index contributed by atoms with van der Waals surface area (Å²) in [5, 5.41) is 9.59. The number of aryl methyl sites for hydroxylation is 1. The third-order valence-electron chi connectivity index (χ3n) is 3.20. The Kier molecular flexibility index (Phi) is 3.61. The molecule has 1 aromatic rings. The number of piperidine rings is 1. The van der Waals surface area contributed by atoms with E-state index in [1.54, 1.807) is 25.1 Å². The maximum Gasteiger partial charge on any atom is 0.245 e. The van der Waals surface area contributed by atoms with Gasteiger partial charge >= 0.3 is 0 Å². The lowest BCUT2D eigenvalue weighted by Gasteiger charge is -2.30. The molecule has 5 nitrogen and oxygen atoms in total. The van der Waals surface area contributed by atoms with Gasteiger partial charge in [-0.1, -0.05) is 12.1 Å². The molecule has 1 heterocycles. The minimum atomic E-state index is -3.61. The fourth-order valence-electron chi connectivity index (χ4n) is 2.30. The number of rotatable bonds is 2. The van der Waals surface area contributed by atoms with Gasteiger partial charge in [-0.25, -0.2) is 8.42 Å². The molecule has 0 aliphatic carbocycles. The highest BCUT2D eigenvalue weighted by atomic mass is 32.2. The Balaban J connectivity index is 2.42. The second-order valence-electron chi connectivity index (χ2n) is 4.65. The van der Waals surface area contributed by atoms with Crippen molar-refractivity contribution in [2.75, 3.05) is 18.8 Å². The fourth-order valence-corrected chi connectivity index (χ4v) is 4.13. The maximum atomic E-state index is 12.5. The van der Waals surface area contributed by atoms with Crippen LogP contribution in [0.25, 0.3) is 0 Å². The molecule has 1 atom stereocenters. The highest BCUT2D eigenvalue weighted by Crippen LogP contribution is 2.27. The van der Waals surface area contributed by atoms with Gasteiger partial charge in [0.1, 0.15) is 4.90 Å². The largest absolute Gasteiger partial charge is 0.398 e. The number of sulfonamides is 1. The topological polar surface area (TPSA) is 83.6 Å². The summed E-state index contributed by atoms with van der Waals surface area (Å²) in [7, 11) is -3.61. The van der Waals surface area contributed by atoms with Gasteiger partial charge in [0.15, 0.2) is 0 Å². The molecule has 1 saturated heterocycles. The average molecular weight is 270 g/mol. The first kappa shape index (κ1) is 13.3. The molecule has 6 heteroatoms. The number of β-amino-alcohol motifs (C(OH)–C–C–N with tert-alkyl or cyclic N) is 1. The van der Waals surface area contributed by atoms with Crippen molar-refractivity contribution in [3.05, 3.63) is 23.8 Å². The van der Waals surface area contributed by atoms with Crippen LogP contribution in [0.15, 0.2) is 23.1 Å². The third-order valence-corrected chi connectivity index (χ3v) is 5.28. The fraction of sp³-hybridized carbons (Fsp3) is 0.500. The molecule has 1 fully saturated rings. The Hall–Kier alpha value is -1.11. The Morgan fingerprint density at radius 3 is 2.78 bits per heavy atom. The molecule has 3 N–H and O–H groups in total.